The number of carboxylic acids is 1. The van der Waals surface area contributed by atoms with Crippen molar-refractivity contribution in [1.82, 2.24) is 5.32 Å². The van der Waals surface area contributed by atoms with Gasteiger partial charge in [-0.05, 0) is 25.5 Å². The van der Waals surface area contributed by atoms with Crippen molar-refractivity contribution in [3.8, 4) is 5.75 Å². The summed E-state index contributed by atoms with van der Waals surface area (Å²) in [6.07, 6.45) is 3.03. The predicted molar refractivity (Wildman–Crippen MR) is 75.4 cm³/mol. The van der Waals surface area contributed by atoms with Gasteiger partial charge in [0.05, 0.1) is 6.61 Å². The van der Waals surface area contributed by atoms with Crippen LogP contribution < -0.4 is 10.1 Å². The van der Waals surface area contributed by atoms with Crippen LogP contribution in [0.1, 0.15) is 38.2 Å². The first-order chi connectivity index (χ1) is 9.24. The van der Waals surface area contributed by atoms with Crippen LogP contribution in [0.15, 0.2) is 24.3 Å². The largest absolute Gasteiger partial charge is 0.493 e. The summed E-state index contributed by atoms with van der Waals surface area (Å²) in [6, 6.07) is 7.96. The number of para-hydroxylation sites is 1. The summed E-state index contributed by atoms with van der Waals surface area (Å²) in [6.45, 7) is 4.29. The Bertz CT molecular complexity index is 379. The lowest BCUT2D eigenvalue weighted by Crippen LogP contribution is -2.16. The minimum Gasteiger partial charge on any atom is -0.493 e. The monoisotopic (exact) mass is 265 g/mol. The van der Waals surface area contributed by atoms with E-state index in [2.05, 4.69) is 12.2 Å². The van der Waals surface area contributed by atoms with Crippen LogP contribution in [0, 0.1) is 0 Å². The van der Waals surface area contributed by atoms with E-state index in [0.717, 1.165) is 30.8 Å². The van der Waals surface area contributed by atoms with E-state index in [1.165, 1.54) is 0 Å². The standard InChI is InChI=1S/C15H23NO3/c1-2-3-11-19-14-8-5-4-7-13(14)12-16-10-6-9-15(17)18/h4-5,7-8,16H,2-3,6,9-12H2,1H3,(H,17,18). The van der Waals surface area contributed by atoms with Gasteiger partial charge in [-0.1, -0.05) is 31.5 Å². The van der Waals surface area contributed by atoms with Gasteiger partial charge in [0.1, 0.15) is 5.75 Å². The fraction of sp³-hybridized carbons (Fsp3) is 0.533. The molecule has 0 heterocycles. The van der Waals surface area contributed by atoms with Crippen molar-refractivity contribution < 1.29 is 14.6 Å². The van der Waals surface area contributed by atoms with E-state index in [0.29, 0.717) is 19.5 Å². The molecule has 2 N–H and O–H groups in total. The summed E-state index contributed by atoms with van der Waals surface area (Å²) in [5.41, 5.74) is 1.12. The first-order valence-electron chi connectivity index (χ1n) is 6.87. The molecule has 0 saturated carbocycles. The van der Waals surface area contributed by atoms with Gasteiger partial charge in [-0.15, -0.1) is 0 Å². The van der Waals surface area contributed by atoms with Crippen molar-refractivity contribution in [3.63, 3.8) is 0 Å². The molecule has 4 heteroatoms. The number of nitrogens with one attached hydrogen (secondary N) is 1. The Kier molecular flexibility index (Phi) is 7.66. The van der Waals surface area contributed by atoms with E-state index < -0.39 is 5.97 Å². The van der Waals surface area contributed by atoms with Crippen molar-refractivity contribution in [3.05, 3.63) is 29.8 Å². The second-order valence-electron chi connectivity index (χ2n) is 4.48. The topological polar surface area (TPSA) is 58.6 Å². The van der Waals surface area contributed by atoms with Crippen molar-refractivity contribution in [2.24, 2.45) is 0 Å². The Hall–Kier alpha value is -1.55. The van der Waals surface area contributed by atoms with Gasteiger partial charge in [0.15, 0.2) is 0 Å². The maximum Gasteiger partial charge on any atom is 0.303 e. The SMILES string of the molecule is CCCCOc1ccccc1CNCCCC(=O)O. The molecule has 0 aliphatic rings. The third-order valence-electron chi connectivity index (χ3n) is 2.79. The van der Waals surface area contributed by atoms with Crippen LogP contribution in [0.5, 0.6) is 5.75 Å². The molecule has 0 amide bonds. The smallest absolute Gasteiger partial charge is 0.303 e. The number of aliphatic carboxylic acids is 1. The number of carboxylic acid groups (broad SMARTS) is 1. The molecule has 1 aromatic carbocycles. The van der Waals surface area contributed by atoms with E-state index in [1.807, 2.05) is 24.3 Å². The highest BCUT2D eigenvalue weighted by molar-refractivity contribution is 5.66. The second-order valence-corrected chi connectivity index (χ2v) is 4.48. The second kappa shape index (κ2) is 9.39. The first-order valence-corrected chi connectivity index (χ1v) is 6.87. The molecule has 0 unspecified atom stereocenters. The van der Waals surface area contributed by atoms with Crippen molar-refractivity contribution in [1.29, 1.82) is 0 Å². The molecule has 0 radical (unpaired) electrons. The lowest BCUT2D eigenvalue weighted by molar-refractivity contribution is -0.137. The van der Waals surface area contributed by atoms with Crippen LogP contribution in [0.2, 0.25) is 0 Å². The molecule has 0 spiro atoms. The molecule has 1 rings (SSSR count). The molecular formula is C15H23NO3. The quantitative estimate of drug-likeness (QED) is 0.639. The summed E-state index contributed by atoms with van der Waals surface area (Å²) >= 11 is 0. The fourth-order valence-electron chi connectivity index (χ4n) is 1.70. The lowest BCUT2D eigenvalue weighted by atomic mass is 10.2. The number of rotatable bonds is 10. The van der Waals surface area contributed by atoms with Crippen LogP contribution in [0.25, 0.3) is 0 Å². The van der Waals surface area contributed by atoms with Gasteiger partial charge < -0.3 is 15.2 Å². The number of hydrogen-bond donors (Lipinski definition) is 2. The van der Waals surface area contributed by atoms with Gasteiger partial charge in [-0.2, -0.15) is 0 Å². The Labute approximate surface area is 114 Å². The number of ether oxygens (including phenoxy) is 1. The molecule has 0 fully saturated rings. The summed E-state index contributed by atoms with van der Waals surface area (Å²) in [5.74, 6) is 0.173. The molecule has 1 aromatic rings. The van der Waals surface area contributed by atoms with E-state index >= 15 is 0 Å². The Morgan fingerprint density at radius 3 is 2.84 bits per heavy atom. The molecule has 106 valence electrons. The normalized spacial score (nSPS) is 10.4. The molecule has 4 nitrogen and oxygen atoms in total. The molecule has 19 heavy (non-hydrogen) atoms. The zero-order valence-corrected chi connectivity index (χ0v) is 11.5. The predicted octanol–water partition coefficient (Wildman–Crippen LogP) is 2.82. The van der Waals surface area contributed by atoms with Gasteiger partial charge in [-0.3, -0.25) is 4.79 Å². The summed E-state index contributed by atoms with van der Waals surface area (Å²) < 4.78 is 5.74. The highest BCUT2D eigenvalue weighted by atomic mass is 16.5. The zero-order valence-electron chi connectivity index (χ0n) is 11.5. The van der Waals surface area contributed by atoms with Crippen molar-refractivity contribution >= 4 is 5.97 Å². The van der Waals surface area contributed by atoms with Gasteiger partial charge in [0, 0.05) is 18.5 Å². The molecule has 0 aromatic heterocycles. The minimum atomic E-state index is -0.745. The Balaban J connectivity index is 2.33. The maximum absolute atomic E-state index is 10.4. The number of carbonyl (C=O) groups is 1. The summed E-state index contributed by atoms with van der Waals surface area (Å²) in [5, 5.41) is 11.8. The van der Waals surface area contributed by atoms with E-state index in [9.17, 15) is 4.79 Å². The van der Waals surface area contributed by atoms with E-state index in [4.69, 9.17) is 9.84 Å². The highest BCUT2D eigenvalue weighted by Gasteiger charge is 2.02. The van der Waals surface area contributed by atoms with Gasteiger partial charge in [-0.25, -0.2) is 0 Å². The molecule has 0 aliphatic carbocycles. The van der Waals surface area contributed by atoms with Crippen LogP contribution in [0.4, 0.5) is 0 Å². The summed E-state index contributed by atoms with van der Waals surface area (Å²) in [7, 11) is 0. The lowest BCUT2D eigenvalue weighted by Gasteiger charge is -2.11. The fourth-order valence-corrected chi connectivity index (χ4v) is 1.70. The van der Waals surface area contributed by atoms with Gasteiger partial charge in [0.25, 0.3) is 0 Å². The maximum atomic E-state index is 10.4. The minimum absolute atomic E-state index is 0.210. The highest BCUT2D eigenvalue weighted by Crippen LogP contribution is 2.18. The Morgan fingerprint density at radius 1 is 1.32 bits per heavy atom. The van der Waals surface area contributed by atoms with Crippen LogP contribution in [0.3, 0.4) is 0 Å². The summed E-state index contributed by atoms with van der Waals surface area (Å²) in [4.78, 5) is 10.4. The van der Waals surface area contributed by atoms with E-state index in [-0.39, 0.29) is 6.42 Å². The first kappa shape index (κ1) is 15.5. The molecule has 0 saturated heterocycles. The number of hydrogen-bond acceptors (Lipinski definition) is 3. The average Bonchev–Trinajstić information content (AvgIpc) is 2.40. The third kappa shape index (κ3) is 6.82. The number of unbranched alkanes of at least 4 members (excludes halogenated alkanes) is 1. The molecular weight excluding hydrogens is 242 g/mol. The molecule has 0 aliphatic heterocycles. The van der Waals surface area contributed by atoms with Crippen LogP contribution in [-0.4, -0.2) is 24.2 Å². The number of benzene rings is 1. The average molecular weight is 265 g/mol. The Morgan fingerprint density at radius 2 is 2.11 bits per heavy atom. The van der Waals surface area contributed by atoms with Crippen LogP contribution in [-0.2, 0) is 11.3 Å². The zero-order chi connectivity index (χ0) is 13.9. The van der Waals surface area contributed by atoms with Crippen molar-refractivity contribution in [2.45, 2.75) is 39.2 Å². The molecule has 0 atom stereocenters. The van der Waals surface area contributed by atoms with E-state index in [1.54, 1.807) is 0 Å². The molecule has 0 bridgehead atoms. The third-order valence-corrected chi connectivity index (χ3v) is 2.79. The van der Waals surface area contributed by atoms with Gasteiger partial charge in [0.2, 0.25) is 0 Å². The van der Waals surface area contributed by atoms with Crippen molar-refractivity contribution in [2.75, 3.05) is 13.2 Å². The van der Waals surface area contributed by atoms with Crippen LogP contribution >= 0.6 is 0 Å². The van der Waals surface area contributed by atoms with Gasteiger partial charge >= 0.3 is 5.97 Å².